The minimum Gasteiger partial charge on any atom is -0.324 e. The van der Waals surface area contributed by atoms with Crippen molar-refractivity contribution in [2.75, 3.05) is 27.8 Å². The van der Waals surface area contributed by atoms with E-state index >= 15 is 0 Å². The summed E-state index contributed by atoms with van der Waals surface area (Å²) >= 11 is 1.46. The van der Waals surface area contributed by atoms with Gasteiger partial charge >= 0.3 is 0 Å². The number of anilines is 3. The number of carbonyl (C=O) groups excluding carboxylic acids is 3. The van der Waals surface area contributed by atoms with Crippen molar-refractivity contribution in [1.29, 1.82) is 0 Å². The van der Waals surface area contributed by atoms with E-state index < -0.39 is 0 Å². The smallest absolute Gasteiger partial charge is 0.255 e. The molecular formula is C19H17N3O3S. The fourth-order valence-corrected chi connectivity index (χ4v) is 4.02. The highest BCUT2D eigenvalue weighted by molar-refractivity contribution is 8.00. The molecule has 0 aromatic heterocycles. The zero-order chi connectivity index (χ0) is 18.3. The molecular weight excluding hydrogens is 350 g/mol. The predicted octanol–water partition coefficient (Wildman–Crippen LogP) is 2.89. The van der Waals surface area contributed by atoms with Gasteiger partial charge in [-0.3, -0.25) is 14.4 Å². The molecule has 132 valence electrons. The summed E-state index contributed by atoms with van der Waals surface area (Å²) in [5.41, 5.74) is 3.80. The molecule has 0 spiro atoms. The summed E-state index contributed by atoms with van der Waals surface area (Å²) < 4.78 is 0. The maximum absolute atomic E-state index is 12.6. The molecule has 2 aliphatic rings. The van der Waals surface area contributed by atoms with Gasteiger partial charge in [-0.25, -0.2) is 0 Å². The Morgan fingerprint density at radius 2 is 2.04 bits per heavy atom. The van der Waals surface area contributed by atoms with Crippen LogP contribution in [0, 0.1) is 0 Å². The fourth-order valence-electron chi connectivity index (χ4n) is 3.23. The van der Waals surface area contributed by atoms with Crippen molar-refractivity contribution >= 4 is 46.5 Å². The van der Waals surface area contributed by atoms with Gasteiger partial charge in [-0.2, -0.15) is 0 Å². The van der Waals surface area contributed by atoms with E-state index in [0.29, 0.717) is 29.2 Å². The predicted molar refractivity (Wildman–Crippen MR) is 102 cm³/mol. The van der Waals surface area contributed by atoms with Crippen LogP contribution in [-0.2, 0) is 16.0 Å². The van der Waals surface area contributed by atoms with Crippen molar-refractivity contribution in [1.82, 2.24) is 0 Å². The molecule has 2 aromatic carbocycles. The Labute approximate surface area is 154 Å². The average Bonchev–Trinajstić information content (AvgIpc) is 3.04. The zero-order valence-electron chi connectivity index (χ0n) is 14.2. The number of nitrogens with zero attached hydrogens (tertiary/aromatic N) is 1. The highest BCUT2D eigenvalue weighted by atomic mass is 32.2. The van der Waals surface area contributed by atoms with Gasteiger partial charge in [0.25, 0.3) is 5.91 Å². The Kier molecular flexibility index (Phi) is 4.16. The first-order valence-corrected chi connectivity index (χ1v) is 9.29. The molecule has 0 radical (unpaired) electrons. The van der Waals surface area contributed by atoms with Crippen LogP contribution in [0.25, 0.3) is 0 Å². The summed E-state index contributed by atoms with van der Waals surface area (Å²) in [6, 6.07) is 10.9. The van der Waals surface area contributed by atoms with Crippen LogP contribution in [0.1, 0.15) is 22.8 Å². The van der Waals surface area contributed by atoms with Gasteiger partial charge in [0.1, 0.15) is 0 Å². The van der Waals surface area contributed by atoms with Gasteiger partial charge in [-0.15, -0.1) is 11.8 Å². The van der Waals surface area contributed by atoms with Gasteiger partial charge < -0.3 is 15.5 Å². The molecule has 2 aromatic rings. The van der Waals surface area contributed by atoms with Crippen LogP contribution in [0.5, 0.6) is 0 Å². The lowest BCUT2D eigenvalue weighted by Gasteiger charge is -2.17. The Balaban J connectivity index is 1.53. The molecule has 3 amide bonds. The summed E-state index contributed by atoms with van der Waals surface area (Å²) in [5.74, 6) is 0.118. The number of rotatable bonds is 2. The second-order valence-electron chi connectivity index (χ2n) is 6.27. The molecule has 6 nitrogen and oxygen atoms in total. The summed E-state index contributed by atoms with van der Waals surface area (Å²) in [7, 11) is 0. The Bertz CT molecular complexity index is 942. The molecule has 0 saturated carbocycles. The molecule has 0 atom stereocenters. The number of nitrogens with one attached hydrogen (secondary N) is 2. The molecule has 7 heteroatoms. The second kappa shape index (κ2) is 6.49. The van der Waals surface area contributed by atoms with Crippen LogP contribution in [-0.4, -0.2) is 30.0 Å². The Hall–Kier alpha value is -2.80. The van der Waals surface area contributed by atoms with Gasteiger partial charge in [0.05, 0.1) is 11.4 Å². The van der Waals surface area contributed by atoms with Crippen LogP contribution >= 0.6 is 11.8 Å². The lowest BCUT2D eigenvalue weighted by molar-refractivity contribution is -0.116. The van der Waals surface area contributed by atoms with Crippen molar-refractivity contribution < 1.29 is 14.4 Å². The van der Waals surface area contributed by atoms with E-state index in [9.17, 15) is 14.4 Å². The second-order valence-corrected chi connectivity index (χ2v) is 7.28. The molecule has 2 heterocycles. The van der Waals surface area contributed by atoms with E-state index in [1.54, 1.807) is 30.0 Å². The van der Waals surface area contributed by atoms with E-state index in [0.717, 1.165) is 22.6 Å². The first-order chi connectivity index (χ1) is 12.5. The van der Waals surface area contributed by atoms with Gasteiger partial charge in [-0.1, -0.05) is 0 Å². The molecule has 0 bridgehead atoms. The minimum absolute atomic E-state index is 0.0227. The molecule has 2 aliphatic heterocycles. The number of thioether (sulfide) groups is 1. The van der Waals surface area contributed by atoms with Gasteiger partial charge in [0, 0.05) is 35.3 Å². The Morgan fingerprint density at radius 3 is 2.85 bits per heavy atom. The molecule has 2 N–H and O–H groups in total. The number of hydrogen-bond donors (Lipinski definition) is 2. The van der Waals surface area contributed by atoms with E-state index in [4.69, 9.17) is 0 Å². The van der Waals surface area contributed by atoms with Crippen molar-refractivity contribution in [2.24, 2.45) is 0 Å². The third-order valence-corrected chi connectivity index (χ3v) is 5.56. The quantitative estimate of drug-likeness (QED) is 0.856. The van der Waals surface area contributed by atoms with Crippen molar-refractivity contribution in [3.8, 4) is 0 Å². The largest absolute Gasteiger partial charge is 0.324 e. The normalized spacial score (nSPS) is 15.1. The molecule has 0 aliphatic carbocycles. The summed E-state index contributed by atoms with van der Waals surface area (Å²) in [5, 5.41) is 5.68. The molecule has 0 unspecified atom stereocenters. The van der Waals surface area contributed by atoms with E-state index in [1.165, 1.54) is 11.8 Å². The van der Waals surface area contributed by atoms with Gasteiger partial charge in [0.2, 0.25) is 11.8 Å². The highest BCUT2D eigenvalue weighted by Gasteiger charge is 2.23. The third-order valence-electron chi connectivity index (χ3n) is 4.49. The van der Waals surface area contributed by atoms with E-state index in [2.05, 4.69) is 10.6 Å². The Morgan fingerprint density at radius 1 is 1.19 bits per heavy atom. The maximum Gasteiger partial charge on any atom is 0.255 e. The third kappa shape index (κ3) is 3.06. The number of amides is 3. The van der Waals surface area contributed by atoms with Crippen LogP contribution in [0.2, 0.25) is 0 Å². The SMILES string of the molecule is CC(=O)N1CCc2cc(NC(=O)c3ccc4c(c3)NC(=O)CS4)ccc21. The topological polar surface area (TPSA) is 78.5 Å². The van der Waals surface area contributed by atoms with Gasteiger partial charge in [-0.05, 0) is 48.4 Å². The van der Waals surface area contributed by atoms with E-state index in [-0.39, 0.29) is 17.7 Å². The van der Waals surface area contributed by atoms with E-state index in [1.807, 2.05) is 18.2 Å². The van der Waals surface area contributed by atoms with Crippen LogP contribution < -0.4 is 15.5 Å². The fraction of sp³-hybridized carbons (Fsp3) is 0.211. The first-order valence-electron chi connectivity index (χ1n) is 8.30. The number of carbonyl (C=O) groups is 3. The minimum atomic E-state index is -0.237. The molecule has 0 saturated heterocycles. The first kappa shape index (κ1) is 16.7. The standard InChI is InChI=1S/C19H17N3O3S/c1-11(23)22-7-6-12-8-14(3-4-16(12)22)20-19(25)13-2-5-17-15(9-13)21-18(24)10-26-17/h2-5,8-9H,6-7,10H2,1H3,(H,20,25)(H,21,24). The monoisotopic (exact) mass is 367 g/mol. The van der Waals surface area contributed by atoms with Crippen molar-refractivity contribution in [3.05, 3.63) is 47.5 Å². The van der Waals surface area contributed by atoms with Crippen LogP contribution in [0.4, 0.5) is 17.1 Å². The molecule has 26 heavy (non-hydrogen) atoms. The van der Waals surface area contributed by atoms with Crippen LogP contribution in [0.3, 0.4) is 0 Å². The number of hydrogen-bond acceptors (Lipinski definition) is 4. The zero-order valence-corrected chi connectivity index (χ0v) is 15.0. The summed E-state index contributed by atoms with van der Waals surface area (Å²) in [6.07, 6.45) is 0.778. The number of benzene rings is 2. The lowest BCUT2D eigenvalue weighted by atomic mass is 10.1. The van der Waals surface area contributed by atoms with Crippen molar-refractivity contribution in [2.45, 2.75) is 18.2 Å². The lowest BCUT2D eigenvalue weighted by Crippen LogP contribution is -2.25. The van der Waals surface area contributed by atoms with Gasteiger partial charge in [0.15, 0.2) is 0 Å². The molecule has 4 rings (SSSR count). The van der Waals surface area contributed by atoms with Crippen molar-refractivity contribution in [3.63, 3.8) is 0 Å². The summed E-state index contributed by atoms with van der Waals surface area (Å²) in [6.45, 7) is 2.22. The highest BCUT2D eigenvalue weighted by Crippen LogP contribution is 2.33. The van der Waals surface area contributed by atoms with Crippen LogP contribution in [0.15, 0.2) is 41.3 Å². The average molecular weight is 367 g/mol. The maximum atomic E-state index is 12.6. The molecule has 0 fully saturated rings. The summed E-state index contributed by atoms with van der Waals surface area (Å²) in [4.78, 5) is 38.4. The number of fused-ring (bicyclic) bond motifs is 2.